The monoisotopic (exact) mass is 463 g/mol. The van der Waals surface area contributed by atoms with Gasteiger partial charge in [-0.25, -0.2) is 4.79 Å². The van der Waals surface area contributed by atoms with Gasteiger partial charge in [0.25, 0.3) is 5.69 Å². The number of rotatable bonds is 9. The molecule has 0 aliphatic carbocycles. The summed E-state index contributed by atoms with van der Waals surface area (Å²) in [5.74, 6) is 0.550. The number of hydrogen-bond donors (Lipinski definition) is 0. The number of benzene rings is 3. The number of allylic oxidation sites excluding steroid dienone is 1. The smallest absolute Gasteiger partial charge is 0.343 e. The molecule has 0 aromatic heterocycles. The number of carbonyl (C=O) groups excluding carboxylic acids is 2. The van der Waals surface area contributed by atoms with Gasteiger partial charge in [0, 0.05) is 17.7 Å². The zero-order chi connectivity index (χ0) is 24.7. The van der Waals surface area contributed by atoms with Gasteiger partial charge >= 0.3 is 5.97 Å². The average Bonchev–Trinajstić information content (AvgIpc) is 2.86. The number of non-ortho nitro benzene ring substituents is 1. The molecule has 34 heavy (non-hydrogen) atoms. The second-order valence-electron chi connectivity index (χ2n) is 6.88. The van der Waals surface area contributed by atoms with Crippen LogP contribution in [0.3, 0.4) is 0 Å². The summed E-state index contributed by atoms with van der Waals surface area (Å²) >= 11 is 0. The molecule has 0 aliphatic rings. The topological polar surface area (TPSA) is 114 Å². The summed E-state index contributed by atoms with van der Waals surface area (Å²) in [6.45, 7) is 0. The summed E-state index contributed by atoms with van der Waals surface area (Å²) in [6, 6.07) is 14.6. The molecule has 0 saturated heterocycles. The molecule has 0 N–H and O–H groups in total. The molecule has 3 rings (SSSR count). The molecule has 0 aliphatic heterocycles. The van der Waals surface area contributed by atoms with E-state index in [4.69, 9.17) is 18.9 Å². The van der Waals surface area contributed by atoms with Crippen molar-refractivity contribution in [3.05, 3.63) is 93.5 Å². The lowest BCUT2D eigenvalue weighted by Gasteiger charge is -2.12. The molecule has 174 valence electrons. The second kappa shape index (κ2) is 10.8. The van der Waals surface area contributed by atoms with E-state index < -0.39 is 10.9 Å². The fourth-order valence-corrected chi connectivity index (χ4v) is 3.07. The van der Waals surface area contributed by atoms with Crippen LogP contribution in [0.5, 0.6) is 23.0 Å². The summed E-state index contributed by atoms with van der Waals surface area (Å²) in [5.41, 5.74) is 0.876. The first-order valence-electron chi connectivity index (χ1n) is 9.95. The SMILES string of the molecule is COc1cc(C=CC(=O)c2ccc(OC(=O)c3cccc([N+](=O)[O-])c3)cc2)cc(OC)c1OC. The lowest BCUT2D eigenvalue weighted by atomic mass is 10.1. The Morgan fingerprint density at radius 3 is 2.06 bits per heavy atom. The molecular weight excluding hydrogens is 442 g/mol. The van der Waals surface area contributed by atoms with Crippen LogP contribution in [0.4, 0.5) is 5.69 Å². The number of hydrogen-bond acceptors (Lipinski definition) is 8. The van der Waals surface area contributed by atoms with E-state index in [1.165, 1.54) is 69.9 Å². The number of nitrogens with zero attached hydrogens (tertiary/aromatic N) is 1. The number of esters is 1. The van der Waals surface area contributed by atoms with E-state index in [0.29, 0.717) is 28.4 Å². The van der Waals surface area contributed by atoms with Crippen LogP contribution in [0.15, 0.2) is 66.7 Å². The predicted molar refractivity (Wildman–Crippen MR) is 124 cm³/mol. The molecule has 0 radical (unpaired) electrons. The van der Waals surface area contributed by atoms with Gasteiger partial charge in [-0.2, -0.15) is 0 Å². The average molecular weight is 463 g/mol. The van der Waals surface area contributed by atoms with Crippen LogP contribution in [-0.4, -0.2) is 38.0 Å². The molecule has 0 amide bonds. The Morgan fingerprint density at radius 2 is 1.50 bits per heavy atom. The lowest BCUT2D eigenvalue weighted by Crippen LogP contribution is -2.09. The molecule has 0 atom stereocenters. The highest BCUT2D eigenvalue weighted by molar-refractivity contribution is 6.07. The van der Waals surface area contributed by atoms with Crippen molar-refractivity contribution >= 4 is 23.5 Å². The Morgan fingerprint density at radius 1 is 0.853 bits per heavy atom. The number of nitro groups is 1. The molecule has 0 spiro atoms. The van der Waals surface area contributed by atoms with Crippen LogP contribution in [0.2, 0.25) is 0 Å². The van der Waals surface area contributed by atoms with E-state index in [0.717, 1.165) is 6.07 Å². The highest BCUT2D eigenvalue weighted by Gasteiger charge is 2.14. The fourth-order valence-electron chi connectivity index (χ4n) is 3.07. The van der Waals surface area contributed by atoms with Crippen molar-refractivity contribution in [2.24, 2.45) is 0 Å². The summed E-state index contributed by atoms with van der Waals surface area (Å²) in [7, 11) is 4.51. The predicted octanol–water partition coefficient (Wildman–Crippen LogP) is 4.74. The number of carbonyl (C=O) groups is 2. The minimum Gasteiger partial charge on any atom is -0.493 e. The molecule has 0 bridgehead atoms. The quantitative estimate of drug-likeness (QED) is 0.112. The largest absolute Gasteiger partial charge is 0.493 e. The molecule has 0 fully saturated rings. The van der Waals surface area contributed by atoms with Crippen molar-refractivity contribution in [1.29, 1.82) is 0 Å². The third-order valence-corrected chi connectivity index (χ3v) is 4.76. The third kappa shape index (κ3) is 5.57. The van der Waals surface area contributed by atoms with Crippen molar-refractivity contribution in [3.8, 4) is 23.0 Å². The number of ketones is 1. The number of methoxy groups -OCH3 is 3. The van der Waals surface area contributed by atoms with E-state index in [1.54, 1.807) is 18.2 Å². The van der Waals surface area contributed by atoms with Crippen LogP contribution in [-0.2, 0) is 0 Å². The summed E-state index contributed by atoms with van der Waals surface area (Å²) in [5, 5.41) is 10.9. The normalized spacial score (nSPS) is 10.6. The summed E-state index contributed by atoms with van der Waals surface area (Å²) in [6.07, 6.45) is 3.01. The minimum absolute atomic E-state index is 0.0441. The van der Waals surface area contributed by atoms with Gasteiger partial charge in [-0.15, -0.1) is 0 Å². The maximum absolute atomic E-state index is 12.6. The van der Waals surface area contributed by atoms with Gasteiger partial charge < -0.3 is 18.9 Å². The van der Waals surface area contributed by atoms with Crippen molar-refractivity contribution < 1.29 is 33.5 Å². The van der Waals surface area contributed by atoms with Gasteiger partial charge in [0.2, 0.25) is 5.75 Å². The van der Waals surface area contributed by atoms with Crippen molar-refractivity contribution in [3.63, 3.8) is 0 Å². The Bertz CT molecular complexity index is 1220. The van der Waals surface area contributed by atoms with Crippen LogP contribution in [0.1, 0.15) is 26.3 Å². The first kappa shape index (κ1) is 24.0. The molecule has 0 unspecified atom stereocenters. The molecular formula is C25H21NO8. The molecule has 9 heteroatoms. The molecule has 9 nitrogen and oxygen atoms in total. The number of nitro benzene ring substituents is 1. The van der Waals surface area contributed by atoms with Crippen molar-refractivity contribution in [1.82, 2.24) is 0 Å². The van der Waals surface area contributed by atoms with Gasteiger partial charge in [-0.1, -0.05) is 12.1 Å². The van der Waals surface area contributed by atoms with Gasteiger partial charge in [0.1, 0.15) is 5.75 Å². The zero-order valence-electron chi connectivity index (χ0n) is 18.6. The van der Waals surface area contributed by atoms with E-state index in [1.807, 2.05) is 0 Å². The van der Waals surface area contributed by atoms with Gasteiger partial charge in [0.15, 0.2) is 17.3 Å². The van der Waals surface area contributed by atoms with Gasteiger partial charge in [-0.3, -0.25) is 14.9 Å². The van der Waals surface area contributed by atoms with E-state index >= 15 is 0 Å². The van der Waals surface area contributed by atoms with Gasteiger partial charge in [0.05, 0.1) is 31.8 Å². The Labute approximate surface area is 195 Å². The van der Waals surface area contributed by atoms with Crippen LogP contribution >= 0.6 is 0 Å². The van der Waals surface area contributed by atoms with E-state index in [-0.39, 0.29) is 22.8 Å². The van der Waals surface area contributed by atoms with Crippen molar-refractivity contribution in [2.45, 2.75) is 0 Å². The van der Waals surface area contributed by atoms with Crippen molar-refractivity contribution in [2.75, 3.05) is 21.3 Å². The maximum Gasteiger partial charge on any atom is 0.343 e. The zero-order valence-corrected chi connectivity index (χ0v) is 18.6. The fraction of sp³-hybridized carbons (Fsp3) is 0.120. The lowest BCUT2D eigenvalue weighted by molar-refractivity contribution is -0.384. The maximum atomic E-state index is 12.6. The molecule has 3 aromatic rings. The second-order valence-corrected chi connectivity index (χ2v) is 6.88. The first-order valence-corrected chi connectivity index (χ1v) is 9.95. The molecule has 0 saturated carbocycles. The highest BCUT2D eigenvalue weighted by Crippen LogP contribution is 2.38. The highest BCUT2D eigenvalue weighted by atomic mass is 16.6. The Hall–Kier alpha value is -4.66. The van der Waals surface area contributed by atoms with Gasteiger partial charge in [-0.05, 0) is 54.1 Å². The summed E-state index contributed by atoms with van der Waals surface area (Å²) in [4.78, 5) is 35.1. The minimum atomic E-state index is -0.745. The standard InChI is InChI=1S/C25H21NO8/c1-31-22-13-16(14-23(32-2)24(22)33-3)7-12-21(27)17-8-10-20(11-9-17)34-25(28)18-5-4-6-19(15-18)26(29)30/h4-15H,1-3H3. The summed E-state index contributed by atoms with van der Waals surface area (Å²) < 4.78 is 21.1. The van der Waals surface area contributed by atoms with E-state index in [2.05, 4.69) is 0 Å². The first-order chi connectivity index (χ1) is 16.4. The third-order valence-electron chi connectivity index (χ3n) is 4.76. The van der Waals surface area contributed by atoms with Crippen LogP contribution in [0.25, 0.3) is 6.08 Å². The molecule has 3 aromatic carbocycles. The van der Waals surface area contributed by atoms with Crippen LogP contribution < -0.4 is 18.9 Å². The Balaban J connectivity index is 1.71. The van der Waals surface area contributed by atoms with Crippen LogP contribution in [0, 0.1) is 10.1 Å². The Kier molecular flexibility index (Phi) is 7.60. The number of ether oxygens (including phenoxy) is 4. The van der Waals surface area contributed by atoms with E-state index in [9.17, 15) is 19.7 Å². The molecule has 0 heterocycles.